The summed E-state index contributed by atoms with van der Waals surface area (Å²) in [6.45, 7) is 7.24. The highest BCUT2D eigenvalue weighted by Crippen LogP contribution is 2.24. The van der Waals surface area contributed by atoms with Crippen molar-refractivity contribution in [2.45, 2.75) is 50.6 Å². The molecule has 0 aromatic heterocycles. The summed E-state index contributed by atoms with van der Waals surface area (Å²) in [7, 11) is -3.55. The van der Waals surface area contributed by atoms with Crippen molar-refractivity contribution in [3.63, 3.8) is 0 Å². The lowest BCUT2D eigenvalue weighted by atomic mass is 10.1. The van der Waals surface area contributed by atoms with Crippen LogP contribution in [-0.4, -0.2) is 33.0 Å². The van der Waals surface area contributed by atoms with E-state index in [0.717, 1.165) is 25.1 Å². The molecule has 28 heavy (non-hydrogen) atoms. The summed E-state index contributed by atoms with van der Waals surface area (Å²) in [6.07, 6.45) is 1.75. The second-order valence-electron chi connectivity index (χ2n) is 7.30. The molecule has 0 bridgehead atoms. The zero-order chi connectivity index (χ0) is 20.3. The second kappa shape index (κ2) is 8.32. The molecule has 1 aliphatic rings. The summed E-state index contributed by atoms with van der Waals surface area (Å²) in [5, 5.41) is 2.78. The molecule has 0 heterocycles. The van der Waals surface area contributed by atoms with Gasteiger partial charge in [0.25, 0.3) is 5.91 Å². The minimum atomic E-state index is -3.55. The molecular formula is C21H27N3O3S. The number of nitrogens with one attached hydrogen (secondary N) is 2. The molecular weight excluding hydrogens is 374 g/mol. The molecule has 6 nitrogen and oxygen atoms in total. The predicted molar refractivity (Wildman–Crippen MR) is 112 cm³/mol. The third-order valence-corrected chi connectivity index (χ3v) is 6.24. The molecule has 0 unspecified atom stereocenters. The van der Waals surface area contributed by atoms with Crippen LogP contribution in [-0.2, 0) is 10.0 Å². The Hall–Kier alpha value is -2.38. The standard InChI is InChI=1S/C21H27N3O3S/c1-4-24(15(2)3)19-12-8-16(9-13-19)21(25)22-18-6-5-7-20(14-18)28(26,27)23-17-10-11-17/h5-9,12-15,17,23H,4,10-11H2,1-3H3,(H,22,25). The molecule has 1 aliphatic carbocycles. The van der Waals surface area contributed by atoms with Crippen LogP contribution in [0.15, 0.2) is 53.4 Å². The Morgan fingerprint density at radius 1 is 1.14 bits per heavy atom. The molecule has 0 atom stereocenters. The average Bonchev–Trinajstić information content (AvgIpc) is 3.46. The van der Waals surface area contributed by atoms with Crippen LogP contribution in [0.3, 0.4) is 0 Å². The molecule has 1 amide bonds. The second-order valence-corrected chi connectivity index (χ2v) is 9.02. The van der Waals surface area contributed by atoms with Crippen molar-refractivity contribution < 1.29 is 13.2 Å². The van der Waals surface area contributed by atoms with E-state index in [1.807, 2.05) is 12.1 Å². The Morgan fingerprint density at radius 3 is 2.39 bits per heavy atom. The molecule has 2 N–H and O–H groups in total. The number of nitrogens with zero attached hydrogens (tertiary/aromatic N) is 1. The summed E-state index contributed by atoms with van der Waals surface area (Å²) in [6, 6.07) is 14.2. The van der Waals surface area contributed by atoms with Crippen molar-refractivity contribution in [1.29, 1.82) is 0 Å². The predicted octanol–water partition coefficient (Wildman–Crippen LogP) is 3.61. The van der Waals surface area contributed by atoms with Gasteiger partial charge in [0, 0.05) is 35.6 Å². The Morgan fingerprint density at radius 2 is 1.82 bits per heavy atom. The molecule has 150 valence electrons. The molecule has 7 heteroatoms. The molecule has 2 aromatic carbocycles. The van der Waals surface area contributed by atoms with Gasteiger partial charge in [-0.15, -0.1) is 0 Å². The van der Waals surface area contributed by atoms with Gasteiger partial charge in [-0.2, -0.15) is 0 Å². The molecule has 3 rings (SSSR count). The number of hydrogen-bond donors (Lipinski definition) is 2. The van der Waals surface area contributed by atoms with Gasteiger partial charge >= 0.3 is 0 Å². The number of benzene rings is 2. The first-order valence-electron chi connectivity index (χ1n) is 9.60. The van der Waals surface area contributed by atoms with E-state index in [1.165, 1.54) is 12.1 Å². The van der Waals surface area contributed by atoms with Crippen LogP contribution in [0.5, 0.6) is 0 Å². The number of hydrogen-bond acceptors (Lipinski definition) is 4. The SMILES string of the molecule is CCN(c1ccc(C(=O)Nc2cccc(S(=O)(=O)NC3CC3)c2)cc1)C(C)C. The largest absolute Gasteiger partial charge is 0.369 e. The van der Waals surface area contributed by atoms with E-state index >= 15 is 0 Å². The van der Waals surface area contributed by atoms with Crippen LogP contribution >= 0.6 is 0 Å². The molecule has 0 aliphatic heterocycles. The molecule has 0 radical (unpaired) electrons. The maximum Gasteiger partial charge on any atom is 0.255 e. The zero-order valence-corrected chi connectivity index (χ0v) is 17.3. The van der Waals surface area contributed by atoms with Gasteiger partial charge in [0.1, 0.15) is 0 Å². The summed E-state index contributed by atoms with van der Waals surface area (Å²) in [4.78, 5) is 15.0. The molecule has 0 spiro atoms. The molecule has 0 saturated heterocycles. The smallest absolute Gasteiger partial charge is 0.255 e. The van der Waals surface area contributed by atoms with Crippen molar-refractivity contribution >= 4 is 27.3 Å². The van der Waals surface area contributed by atoms with Crippen LogP contribution in [0, 0.1) is 0 Å². The van der Waals surface area contributed by atoms with Gasteiger partial charge in [0.2, 0.25) is 10.0 Å². The van der Waals surface area contributed by atoms with Crippen LogP contribution in [0.1, 0.15) is 44.0 Å². The number of sulfonamides is 1. The summed E-state index contributed by atoms with van der Waals surface area (Å²) < 4.78 is 27.3. The normalized spacial score (nSPS) is 14.1. The summed E-state index contributed by atoms with van der Waals surface area (Å²) >= 11 is 0. The highest BCUT2D eigenvalue weighted by Gasteiger charge is 2.28. The van der Waals surface area contributed by atoms with Gasteiger partial charge in [0.05, 0.1) is 4.90 Å². The van der Waals surface area contributed by atoms with Crippen molar-refractivity contribution in [2.75, 3.05) is 16.8 Å². The van der Waals surface area contributed by atoms with E-state index < -0.39 is 10.0 Å². The number of rotatable bonds is 8. The number of carbonyl (C=O) groups excluding carboxylic acids is 1. The summed E-state index contributed by atoms with van der Waals surface area (Å²) in [5.41, 5.74) is 2.03. The van der Waals surface area contributed by atoms with Gasteiger partial charge in [-0.3, -0.25) is 4.79 Å². The van der Waals surface area contributed by atoms with Gasteiger partial charge in [-0.25, -0.2) is 13.1 Å². The molecule has 1 saturated carbocycles. The lowest BCUT2D eigenvalue weighted by molar-refractivity contribution is 0.102. The van der Waals surface area contributed by atoms with Gasteiger partial charge in [0.15, 0.2) is 0 Å². The van der Waals surface area contributed by atoms with Crippen LogP contribution in [0.2, 0.25) is 0 Å². The quantitative estimate of drug-likeness (QED) is 0.708. The van der Waals surface area contributed by atoms with E-state index in [9.17, 15) is 13.2 Å². The highest BCUT2D eigenvalue weighted by molar-refractivity contribution is 7.89. The first-order valence-corrected chi connectivity index (χ1v) is 11.1. The monoisotopic (exact) mass is 401 g/mol. The van der Waals surface area contributed by atoms with Crippen LogP contribution in [0.25, 0.3) is 0 Å². The van der Waals surface area contributed by atoms with Crippen molar-refractivity contribution in [3.05, 3.63) is 54.1 Å². The Kier molecular flexibility index (Phi) is 6.05. The minimum absolute atomic E-state index is 0.0373. The van der Waals surface area contributed by atoms with Crippen molar-refractivity contribution in [3.8, 4) is 0 Å². The van der Waals surface area contributed by atoms with E-state index in [4.69, 9.17) is 0 Å². The number of anilines is 2. The topological polar surface area (TPSA) is 78.5 Å². The lowest BCUT2D eigenvalue weighted by Crippen LogP contribution is -2.30. The van der Waals surface area contributed by atoms with Crippen LogP contribution < -0.4 is 14.9 Å². The van der Waals surface area contributed by atoms with Crippen molar-refractivity contribution in [1.82, 2.24) is 4.72 Å². The highest BCUT2D eigenvalue weighted by atomic mass is 32.2. The van der Waals surface area contributed by atoms with Crippen LogP contribution in [0.4, 0.5) is 11.4 Å². The third-order valence-electron chi connectivity index (χ3n) is 4.73. The molecule has 2 aromatic rings. The molecule has 1 fully saturated rings. The van der Waals surface area contributed by atoms with Gasteiger partial charge < -0.3 is 10.2 Å². The average molecular weight is 402 g/mol. The van der Waals surface area contributed by atoms with E-state index in [1.54, 1.807) is 24.3 Å². The maximum atomic E-state index is 12.6. The lowest BCUT2D eigenvalue weighted by Gasteiger charge is -2.27. The Balaban J connectivity index is 1.71. The van der Waals surface area contributed by atoms with E-state index in [-0.39, 0.29) is 16.8 Å². The summed E-state index contributed by atoms with van der Waals surface area (Å²) in [5.74, 6) is -0.274. The fourth-order valence-electron chi connectivity index (χ4n) is 3.08. The van der Waals surface area contributed by atoms with E-state index in [2.05, 4.69) is 35.7 Å². The maximum absolute atomic E-state index is 12.6. The van der Waals surface area contributed by atoms with Gasteiger partial charge in [-0.1, -0.05) is 6.07 Å². The Bertz CT molecular complexity index is 936. The van der Waals surface area contributed by atoms with E-state index in [0.29, 0.717) is 17.3 Å². The fourth-order valence-corrected chi connectivity index (χ4v) is 4.43. The number of amides is 1. The zero-order valence-electron chi connectivity index (χ0n) is 16.5. The Labute approximate surface area is 167 Å². The van der Waals surface area contributed by atoms with Gasteiger partial charge in [-0.05, 0) is 76.1 Å². The first-order chi connectivity index (χ1) is 13.3. The fraction of sp³-hybridized carbons (Fsp3) is 0.381. The van der Waals surface area contributed by atoms with Crippen molar-refractivity contribution in [2.24, 2.45) is 0 Å². The third kappa shape index (κ3) is 4.91. The first kappa shape index (κ1) is 20.4. The minimum Gasteiger partial charge on any atom is -0.369 e. The number of carbonyl (C=O) groups is 1.